The third kappa shape index (κ3) is 3.05. The first-order valence-electron chi connectivity index (χ1n) is 7.15. The Morgan fingerprint density at radius 1 is 1.00 bits per heavy atom. The van der Waals surface area contributed by atoms with Crippen LogP contribution in [-0.4, -0.2) is 19.0 Å². The molecule has 0 aromatic heterocycles. The molecule has 1 amide bonds. The standard InChI is InChI=1S/C17H17FN2O/c18-14-9-7-13(8-10-14)17(21)19-15-5-1-2-6-16(15)20-11-3-4-12-20/h1-2,5-10H,3-4,11-12H2,(H,19,21). The van der Waals surface area contributed by atoms with E-state index in [4.69, 9.17) is 0 Å². The molecule has 0 unspecified atom stereocenters. The summed E-state index contributed by atoms with van der Waals surface area (Å²) < 4.78 is 12.9. The molecule has 1 saturated heterocycles. The molecule has 0 atom stereocenters. The summed E-state index contributed by atoms with van der Waals surface area (Å²) in [6.07, 6.45) is 2.36. The number of carbonyl (C=O) groups is 1. The van der Waals surface area contributed by atoms with Gasteiger partial charge in [-0.05, 0) is 49.2 Å². The van der Waals surface area contributed by atoms with Crippen LogP contribution in [0.3, 0.4) is 0 Å². The minimum atomic E-state index is -0.344. The van der Waals surface area contributed by atoms with E-state index in [1.165, 1.54) is 37.1 Å². The summed E-state index contributed by atoms with van der Waals surface area (Å²) >= 11 is 0. The number of halogens is 1. The van der Waals surface area contributed by atoms with Crippen molar-refractivity contribution < 1.29 is 9.18 Å². The van der Waals surface area contributed by atoms with Gasteiger partial charge in [0, 0.05) is 18.7 Å². The molecule has 1 heterocycles. The van der Waals surface area contributed by atoms with Crippen LogP contribution in [0.2, 0.25) is 0 Å². The van der Waals surface area contributed by atoms with E-state index in [0.717, 1.165) is 24.5 Å². The maximum Gasteiger partial charge on any atom is 0.255 e. The Labute approximate surface area is 123 Å². The van der Waals surface area contributed by atoms with Gasteiger partial charge in [0.2, 0.25) is 0 Å². The molecule has 1 fully saturated rings. The van der Waals surface area contributed by atoms with Crippen molar-refractivity contribution in [1.82, 2.24) is 0 Å². The van der Waals surface area contributed by atoms with E-state index in [0.29, 0.717) is 5.56 Å². The van der Waals surface area contributed by atoms with E-state index >= 15 is 0 Å². The number of amides is 1. The molecule has 2 aromatic rings. The molecule has 1 aliphatic rings. The fourth-order valence-electron chi connectivity index (χ4n) is 2.61. The van der Waals surface area contributed by atoms with Crippen molar-refractivity contribution in [2.45, 2.75) is 12.8 Å². The molecule has 1 N–H and O–H groups in total. The van der Waals surface area contributed by atoms with Gasteiger partial charge in [-0.25, -0.2) is 4.39 Å². The Morgan fingerprint density at radius 2 is 1.67 bits per heavy atom. The van der Waals surface area contributed by atoms with Crippen LogP contribution in [0.4, 0.5) is 15.8 Å². The monoisotopic (exact) mass is 284 g/mol. The van der Waals surface area contributed by atoms with E-state index in [2.05, 4.69) is 10.2 Å². The number of hydrogen-bond donors (Lipinski definition) is 1. The van der Waals surface area contributed by atoms with Crippen LogP contribution in [0.15, 0.2) is 48.5 Å². The highest BCUT2D eigenvalue weighted by Gasteiger charge is 2.16. The van der Waals surface area contributed by atoms with Crippen molar-refractivity contribution in [3.8, 4) is 0 Å². The third-order valence-corrected chi connectivity index (χ3v) is 3.71. The normalized spacial score (nSPS) is 14.2. The van der Waals surface area contributed by atoms with Gasteiger partial charge in [-0.1, -0.05) is 12.1 Å². The zero-order valence-corrected chi connectivity index (χ0v) is 11.7. The number of benzene rings is 2. The highest BCUT2D eigenvalue weighted by molar-refractivity contribution is 6.05. The minimum Gasteiger partial charge on any atom is -0.370 e. The number of rotatable bonds is 3. The van der Waals surface area contributed by atoms with Crippen LogP contribution in [0.5, 0.6) is 0 Å². The minimum absolute atomic E-state index is 0.221. The van der Waals surface area contributed by atoms with E-state index in [-0.39, 0.29) is 11.7 Å². The van der Waals surface area contributed by atoms with Gasteiger partial charge in [0.25, 0.3) is 5.91 Å². The first kappa shape index (κ1) is 13.6. The topological polar surface area (TPSA) is 32.3 Å². The Balaban J connectivity index is 1.81. The molecule has 0 radical (unpaired) electrons. The van der Waals surface area contributed by atoms with E-state index < -0.39 is 0 Å². The molecule has 4 heteroatoms. The molecule has 0 aliphatic carbocycles. The fourth-order valence-corrected chi connectivity index (χ4v) is 2.61. The number of para-hydroxylation sites is 2. The molecule has 0 bridgehead atoms. The molecular formula is C17H17FN2O. The van der Waals surface area contributed by atoms with Crippen LogP contribution in [0.1, 0.15) is 23.2 Å². The summed E-state index contributed by atoms with van der Waals surface area (Å²) in [7, 11) is 0. The summed E-state index contributed by atoms with van der Waals surface area (Å²) in [6.45, 7) is 2.03. The summed E-state index contributed by atoms with van der Waals surface area (Å²) in [5.41, 5.74) is 2.30. The quantitative estimate of drug-likeness (QED) is 0.932. The third-order valence-electron chi connectivity index (χ3n) is 3.71. The van der Waals surface area contributed by atoms with Crippen LogP contribution < -0.4 is 10.2 Å². The second-order valence-electron chi connectivity index (χ2n) is 5.17. The van der Waals surface area contributed by atoms with Crippen molar-refractivity contribution in [3.63, 3.8) is 0 Å². The average Bonchev–Trinajstić information content (AvgIpc) is 3.02. The first-order chi connectivity index (χ1) is 10.2. The van der Waals surface area contributed by atoms with Gasteiger partial charge >= 0.3 is 0 Å². The van der Waals surface area contributed by atoms with Gasteiger partial charge in [0.05, 0.1) is 11.4 Å². The van der Waals surface area contributed by atoms with Crippen LogP contribution >= 0.6 is 0 Å². The summed E-state index contributed by atoms with van der Waals surface area (Å²) in [5, 5.41) is 2.92. The predicted molar refractivity (Wildman–Crippen MR) is 82.2 cm³/mol. The molecule has 0 saturated carbocycles. The molecule has 3 nitrogen and oxygen atoms in total. The second-order valence-corrected chi connectivity index (χ2v) is 5.17. The zero-order chi connectivity index (χ0) is 14.7. The number of nitrogens with one attached hydrogen (secondary N) is 1. The SMILES string of the molecule is O=C(Nc1ccccc1N1CCCC1)c1ccc(F)cc1. The lowest BCUT2D eigenvalue weighted by molar-refractivity contribution is 0.102. The summed E-state index contributed by atoms with van der Waals surface area (Å²) in [5.74, 6) is -0.564. The van der Waals surface area contributed by atoms with E-state index in [1.54, 1.807) is 0 Å². The number of nitrogens with zero attached hydrogens (tertiary/aromatic N) is 1. The lowest BCUT2D eigenvalue weighted by atomic mass is 10.2. The van der Waals surface area contributed by atoms with E-state index in [9.17, 15) is 9.18 Å². The molecule has 21 heavy (non-hydrogen) atoms. The van der Waals surface area contributed by atoms with Crippen molar-refractivity contribution in [2.24, 2.45) is 0 Å². The van der Waals surface area contributed by atoms with Gasteiger partial charge < -0.3 is 10.2 Å². The lowest BCUT2D eigenvalue weighted by Gasteiger charge is -2.21. The van der Waals surface area contributed by atoms with Gasteiger partial charge in [-0.15, -0.1) is 0 Å². The molecule has 108 valence electrons. The molecule has 1 aliphatic heterocycles. The maximum atomic E-state index is 12.9. The van der Waals surface area contributed by atoms with Crippen LogP contribution in [0.25, 0.3) is 0 Å². The highest BCUT2D eigenvalue weighted by atomic mass is 19.1. The highest BCUT2D eigenvalue weighted by Crippen LogP contribution is 2.28. The molecular weight excluding hydrogens is 267 g/mol. The van der Waals surface area contributed by atoms with Crippen molar-refractivity contribution in [3.05, 3.63) is 59.9 Å². The zero-order valence-electron chi connectivity index (χ0n) is 11.7. The fraction of sp³-hybridized carbons (Fsp3) is 0.235. The summed E-state index contributed by atoms with van der Waals surface area (Å²) in [4.78, 5) is 14.5. The van der Waals surface area contributed by atoms with E-state index in [1.807, 2.05) is 24.3 Å². The van der Waals surface area contributed by atoms with Gasteiger partial charge in [-0.3, -0.25) is 4.79 Å². The summed E-state index contributed by atoms with van der Waals surface area (Å²) in [6, 6.07) is 13.4. The molecule has 3 rings (SSSR count). The van der Waals surface area contributed by atoms with Gasteiger partial charge in [0.15, 0.2) is 0 Å². The first-order valence-corrected chi connectivity index (χ1v) is 7.15. The number of carbonyl (C=O) groups excluding carboxylic acids is 1. The number of hydrogen-bond acceptors (Lipinski definition) is 2. The Kier molecular flexibility index (Phi) is 3.86. The Morgan fingerprint density at radius 3 is 2.38 bits per heavy atom. The smallest absolute Gasteiger partial charge is 0.255 e. The van der Waals surface area contributed by atoms with Crippen LogP contribution in [-0.2, 0) is 0 Å². The second kappa shape index (κ2) is 5.95. The lowest BCUT2D eigenvalue weighted by Crippen LogP contribution is -2.21. The Bertz CT molecular complexity index is 633. The van der Waals surface area contributed by atoms with Gasteiger partial charge in [-0.2, -0.15) is 0 Å². The molecule has 2 aromatic carbocycles. The van der Waals surface area contributed by atoms with Gasteiger partial charge in [0.1, 0.15) is 5.82 Å². The largest absolute Gasteiger partial charge is 0.370 e. The van der Waals surface area contributed by atoms with Crippen LogP contribution in [0, 0.1) is 5.82 Å². The van der Waals surface area contributed by atoms with Crippen molar-refractivity contribution in [2.75, 3.05) is 23.3 Å². The Hall–Kier alpha value is -2.36. The molecule has 0 spiro atoms. The van der Waals surface area contributed by atoms with Crippen molar-refractivity contribution in [1.29, 1.82) is 0 Å². The number of anilines is 2. The predicted octanol–water partition coefficient (Wildman–Crippen LogP) is 3.68. The van der Waals surface area contributed by atoms with Crippen molar-refractivity contribution >= 4 is 17.3 Å². The maximum absolute atomic E-state index is 12.9. The average molecular weight is 284 g/mol.